The first-order valence-electron chi connectivity index (χ1n) is 6.09. The van der Waals surface area contributed by atoms with Gasteiger partial charge in [-0.25, -0.2) is 4.98 Å². The lowest BCUT2D eigenvalue weighted by Gasteiger charge is -2.28. The van der Waals surface area contributed by atoms with Crippen LogP contribution < -0.4 is 5.32 Å². The summed E-state index contributed by atoms with van der Waals surface area (Å²) in [5.41, 5.74) is 0.962. The number of aryl methyl sites for hydroxylation is 1. The number of aromatic nitrogens is 1. The van der Waals surface area contributed by atoms with Crippen molar-refractivity contribution < 1.29 is 9.59 Å². The van der Waals surface area contributed by atoms with Gasteiger partial charge >= 0.3 is 0 Å². The molecule has 1 aliphatic heterocycles. The zero-order valence-electron chi connectivity index (χ0n) is 10.6. The molecule has 1 aromatic rings. The summed E-state index contributed by atoms with van der Waals surface area (Å²) in [6.07, 6.45) is 1.94. The SMILES string of the molecule is CCc1nc(CNC2CCC(=O)N(C)C2=O)cs1. The Morgan fingerprint density at radius 1 is 1.56 bits per heavy atom. The lowest BCUT2D eigenvalue weighted by molar-refractivity contribution is -0.148. The number of rotatable bonds is 4. The van der Waals surface area contributed by atoms with Crippen molar-refractivity contribution in [2.75, 3.05) is 7.05 Å². The van der Waals surface area contributed by atoms with Gasteiger partial charge in [0.15, 0.2) is 0 Å². The summed E-state index contributed by atoms with van der Waals surface area (Å²) < 4.78 is 0. The summed E-state index contributed by atoms with van der Waals surface area (Å²) in [5.74, 6) is -0.239. The van der Waals surface area contributed by atoms with Crippen LogP contribution in [0.2, 0.25) is 0 Å². The second kappa shape index (κ2) is 5.58. The Kier molecular flexibility index (Phi) is 4.08. The molecule has 2 heterocycles. The van der Waals surface area contributed by atoms with Crippen molar-refractivity contribution in [3.8, 4) is 0 Å². The highest BCUT2D eigenvalue weighted by atomic mass is 32.1. The van der Waals surface area contributed by atoms with Gasteiger partial charge in [0.2, 0.25) is 11.8 Å². The third-order valence-electron chi connectivity index (χ3n) is 3.08. The van der Waals surface area contributed by atoms with Crippen LogP contribution in [-0.2, 0) is 22.6 Å². The smallest absolute Gasteiger partial charge is 0.246 e. The third kappa shape index (κ3) is 2.76. The van der Waals surface area contributed by atoms with Gasteiger partial charge in [0, 0.05) is 25.4 Å². The fourth-order valence-electron chi connectivity index (χ4n) is 1.93. The maximum absolute atomic E-state index is 11.8. The monoisotopic (exact) mass is 267 g/mol. The molecule has 2 rings (SSSR count). The predicted molar refractivity (Wildman–Crippen MR) is 69.1 cm³/mol. The summed E-state index contributed by atoms with van der Waals surface area (Å²) in [4.78, 5) is 28.8. The van der Waals surface area contributed by atoms with E-state index < -0.39 is 0 Å². The van der Waals surface area contributed by atoms with Crippen LogP contribution >= 0.6 is 11.3 Å². The second-order valence-corrected chi connectivity index (χ2v) is 5.29. The molecule has 1 unspecified atom stereocenters. The molecule has 1 N–H and O–H groups in total. The number of piperidine rings is 1. The van der Waals surface area contributed by atoms with E-state index in [1.807, 2.05) is 5.38 Å². The number of hydrogen-bond acceptors (Lipinski definition) is 5. The first kappa shape index (κ1) is 13.2. The Morgan fingerprint density at radius 3 is 3.00 bits per heavy atom. The standard InChI is InChI=1S/C12H17N3O2S/c1-3-10-14-8(7-18-10)6-13-9-4-5-11(16)15(2)12(9)17/h7,9,13H,3-6H2,1-2H3. The molecule has 6 heteroatoms. The summed E-state index contributed by atoms with van der Waals surface area (Å²) in [7, 11) is 1.54. The van der Waals surface area contributed by atoms with E-state index in [1.165, 1.54) is 11.9 Å². The van der Waals surface area contributed by atoms with Crippen molar-refractivity contribution >= 4 is 23.2 Å². The Hall–Kier alpha value is -1.27. The van der Waals surface area contributed by atoms with E-state index in [0.29, 0.717) is 19.4 Å². The molecular formula is C12H17N3O2S. The molecule has 0 bridgehead atoms. The predicted octanol–water partition coefficient (Wildman–Crippen LogP) is 0.942. The number of nitrogens with one attached hydrogen (secondary N) is 1. The zero-order valence-corrected chi connectivity index (χ0v) is 11.4. The molecule has 2 amide bonds. The average molecular weight is 267 g/mol. The van der Waals surface area contributed by atoms with Crippen LogP contribution in [0.4, 0.5) is 0 Å². The number of thiazole rings is 1. The molecule has 98 valence electrons. The fourth-order valence-corrected chi connectivity index (χ4v) is 2.67. The highest BCUT2D eigenvalue weighted by Crippen LogP contribution is 2.13. The number of likely N-dealkylation sites (N-methyl/N-ethyl adjacent to an activating group) is 1. The molecule has 0 aromatic carbocycles. The minimum absolute atomic E-state index is 0.0972. The van der Waals surface area contributed by atoms with Crippen molar-refractivity contribution in [3.63, 3.8) is 0 Å². The maximum atomic E-state index is 11.8. The minimum Gasteiger partial charge on any atom is -0.300 e. The fraction of sp³-hybridized carbons (Fsp3) is 0.583. The highest BCUT2D eigenvalue weighted by Gasteiger charge is 2.31. The van der Waals surface area contributed by atoms with Crippen molar-refractivity contribution in [2.45, 2.75) is 38.8 Å². The molecule has 0 saturated carbocycles. The number of imide groups is 1. The van der Waals surface area contributed by atoms with Crippen LogP contribution in [0.1, 0.15) is 30.5 Å². The highest BCUT2D eigenvalue weighted by molar-refractivity contribution is 7.09. The number of nitrogens with zero attached hydrogens (tertiary/aromatic N) is 2. The van der Waals surface area contributed by atoms with Crippen LogP contribution in [-0.4, -0.2) is 34.8 Å². The molecule has 1 aromatic heterocycles. The van der Waals surface area contributed by atoms with E-state index in [0.717, 1.165) is 17.1 Å². The number of amides is 2. The van der Waals surface area contributed by atoms with Gasteiger partial charge in [0.1, 0.15) is 0 Å². The van der Waals surface area contributed by atoms with Crippen LogP contribution in [0.3, 0.4) is 0 Å². The molecule has 5 nitrogen and oxygen atoms in total. The molecule has 1 fully saturated rings. The normalized spacial score (nSPS) is 20.6. The molecule has 1 saturated heterocycles. The van der Waals surface area contributed by atoms with E-state index in [1.54, 1.807) is 11.3 Å². The lowest BCUT2D eigenvalue weighted by Crippen LogP contribution is -2.51. The van der Waals surface area contributed by atoms with Crippen molar-refractivity contribution in [3.05, 3.63) is 16.1 Å². The first-order chi connectivity index (χ1) is 8.61. The van der Waals surface area contributed by atoms with Gasteiger partial charge in [-0.05, 0) is 12.8 Å². The molecule has 0 aliphatic carbocycles. The van der Waals surface area contributed by atoms with E-state index in [2.05, 4.69) is 17.2 Å². The lowest BCUT2D eigenvalue weighted by atomic mass is 10.0. The van der Waals surface area contributed by atoms with Gasteiger partial charge in [-0.2, -0.15) is 0 Å². The largest absolute Gasteiger partial charge is 0.300 e. The molecule has 0 radical (unpaired) electrons. The Labute approximate surface area is 110 Å². The van der Waals surface area contributed by atoms with Crippen molar-refractivity contribution in [2.24, 2.45) is 0 Å². The van der Waals surface area contributed by atoms with Crippen LogP contribution in [0, 0.1) is 0 Å². The van der Waals surface area contributed by atoms with Crippen LogP contribution in [0.5, 0.6) is 0 Å². The number of carbonyl (C=O) groups is 2. The Bertz CT molecular complexity index is 458. The molecule has 1 aliphatic rings. The summed E-state index contributed by atoms with van der Waals surface area (Å²) in [5, 5.41) is 6.29. The van der Waals surface area contributed by atoms with E-state index in [4.69, 9.17) is 0 Å². The molecule has 0 spiro atoms. The van der Waals surface area contributed by atoms with Gasteiger partial charge in [-0.1, -0.05) is 6.92 Å². The van der Waals surface area contributed by atoms with Gasteiger partial charge in [0.05, 0.1) is 16.7 Å². The van der Waals surface area contributed by atoms with E-state index >= 15 is 0 Å². The number of likely N-dealkylation sites (tertiary alicyclic amines) is 1. The first-order valence-corrected chi connectivity index (χ1v) is 6.96. The topological polar surface area (TPSA) is 62.3 Å². The minimum atomic E-state index is -0.264. The van der Waals surface area contributed by atoms with Gasteiger partial charge in [-0.3, -0.25) is 14.5 Å². The van der Waals surface area contributed by atoms with E-state index in [-0.39, 0.29) is 17.9 Å². The van der Waals surface area contributed by atoms with E-state index in [9.17, 15) is 9.59 Å². The Balaban J connectivity index is 1.90. The van der Waals surface area contributed by atoms with Gasteiger partial charge in [-0.15, -0.1) is 11.3 Å². The van der Waals surface area contributed by atoms with Crippen LogP contribution in [0.25, 0.3) is 0 Å². The molecule has 1 atom stereocenters. The molecule has 18 heavy (non-hydrogen) atoms. The molecular weight excluding hydrogens is 250 g/mol. The maximum Gasteiger partial charge on any atom is 0.246 e. The van der Waals surface area contributed by atoms with Gasteiger partial charge in [0.25, 0.3) is 0 Å². The van der Waals surface area contributed by atoms with Gasteiger partial charge < -0.3 is 5.32 Å². The zero-order chi connectivity index (χ0) is 13.1. The second-order valence-electron chi connectivity index (χ2n) is 4.35. The number of carbonyl (C=O) groups excluding carboxylic acids is 2. The third-order valence-corrected chi connectivity index (χ3v) is 4.12. The average Bonchev–Trinajstić information content (AvgIpc) is 2.83. The van der Waals surface area contributed by atoms with Crippen molar-refractivity contribution in [1.82, 2.24) is 15.2 Å². The number of hydrogen-bond donors (Lipinski definition) is 1. The van der Waals surface area contributed by atoms with Crippen molar-refractivity contribution in [1.29, 1.82) is 0 Å². The summed E-state index contributed by atoms with van der Waals surface area (Å²) >= 11 is 1.64. The Morgan fingerprint density at radius 2 is 2.33 bits per heavy atom. The summed E-state index contributed by atoms with van der Waals surface area (Å²) in [6.45, 7) is 2.65. The summed E-state index contributed by atoms with van der Waals surface area (Å²) in [6, 6.07) is -0.264. The quantitative estimate of drug-likeness (QED) is 0.825. The van der Waals surface area contributed by atoms with Crippen LogP contribution in [0.15, 0.2) is 5.38 Å².